The zero-order chi connectivity index (χ0) is 17.7. The molecule has 8 heteroatoms. The first kappa shape index (κ1) is 18.7. The van der Waals surface area contributed by atoms with Crippen molar-refractivity contribution in [3.63, 3.8) is 0 Å². The van der Waals surface area contributed by atoms with Crippen LogP contribution in [0.3, 0.4) is 0 Å². The van der Waals surface area contributed by atoms with Gasteiger partial charge in [0.25, 0.3) is 0 Å². The second-order valence-electron chi connectivity index (χ2n) is 4.99. The van der Waals surface area contributed by atoms with Gasteiger partial charge in [-0.2, -0.15) is 0 Å². The standard InChI is InChI=1S/C16H16Cl2N2O3S/c1-9-3-4-10(17)7-11(9)20-16(22)15(21)19-8-12(23-2)13-5-6-14(18)24-13/h3-7,12H,8H2,1-2H3,(H,19,21)(H,20,22). The zero-order valence-corrected chi connectivity index (χ0v) is 15.4. The number of aryl methyl sites for hydroxylation is 1. The third kappa shape index (κ3) is 4.95. The highest BCUT2D eigenvalue weighted by Gasteiger charge is 2.19. The number of thiophene rings is 1. The minimum atomic E-state index is -0.764. The quantitative estimate of drug-likeness (QED) is 0.767. The lowest BCUT2D eigenvalue weighted by atomic mass is 10.2. The molecule has 0 radical (unpaired) electrons. The highest BCUT2D eigenvalue weighted by atomic mass is 35.5. The molecule has 1 unspecified atom stereocenters. The predicted octanol–water partition coefficient (Wildman–Crippen LogP) is 3.81. The van der Waals surface area contributed by atoms with E-state index in [9.17, 15) is 9.59 Å². The van der Waals surface area contributed by atoms with E-state index < -0.39 is 11.8 Å². The lowest BCUT2D eigenvalue weighted by molar-refractivity contribution is -0.136. The van der Waals surface area contributed by atoms with Crippen LogP contribution >= 0.6 is 34.5 Å². The number of carbonyl (C=O) groups excluding carboxylic acids is 2. The van der Waals surface area contributed by atoms with Crippen LogP contribution in [-0.4, -0.2) is 25.5 Å². The Kier molecular flexibility index (Phi) is 6.62. The minimum absolute atomic E-state index is 0.161. The number of benzene rings is 1. The highest BCUT2D eigenvalue weighted by molar-refractivity contribution is 7.16. The summed E-state index contributed by atoms with van der Waals surface area (Å²) in [6, 6.07) is 8.64. The van der Waals surface area contributed by atoms with Gasteiger partial charge in [0.2, 0.25) is 0 Å². The Morgan fingerprint density at radius 3 is 2.58 bits per heavy atom. The molecule has 1 atom stereocenters. The van der Waals surface area contributed by atoms with Crippen molar-refractivity contribution in [1.82, 2.24) is 5.32 Å². The summed E-state index contributed by atoms with van der Waals surface area (Å²) >= 11 is 13.1. The molecule has 128 valence electrons. The molecule has 0 spiro atoms. The molecule has 0 aliphatic heterocycles. The van der Waals surface area contributed by atoms with Gasteiger partial charge in [-0.15, -0.1) is 11.3 Å². The summed E-state index contributed by atoms with van der Waals surface area (Å²) in [7, 11) is 1.53. The number of rotatable bonds is 5. The van der Waals surface area contributed by atoms with Crippen LogP contribution < -0.4 is 10.6 Å². The molecule has 0 aliphatic carbocycles. The topological polar surface area (TPSA) is 67.4 Å². The van der Waals surface area contributed by atoms with E-state index >= 15 is 0 Å². The van der Waals surface area contributed by atoms with Gasteiger partial charge in [0.05, 0.1) is 4.34 Å². The first-order chi connectivity index (χ1) is 11.4. The number of carbonyl (C=O) groups is 2. The summed E-state index contributed by atoms with van der Waals surface area (Å²) in [5, 5.41) is 5.57. The maximum absolute atomic E-state index is 12.0. The van der Waals surface area contributed by atoms with Crippen LogP contribution in [0.4, 0.5) is 5.69 Å². The van der Waals surface area contributed by atoms with Gasteiger partial charge < -0.3 is 15.4 Å². The fourth-order valence-electron chi connectivity index (χ4n) is 1.98. The third-order valence-electron chi connectivity index (χ3n) is 3.30. The van der Waals surface area contributed by atoms with Crippen molar-refractivity contribution in [3.05, 3.63) is 50.1 Å². The van der Waals surface area contributed by atoms with Gasteiger partial charge in [-0.3, -0.25) is 9.59 Å². The van der Waals surface area contributed by atoms with Gasteiger partial charge in [0.1, 0.15) is 6.10 Å². The summed E-state index contributed by atoms with van der Waals surface area (Å²) in [6.45, 7) is 1.97. The van der Waals surface area contributed by atoms with Crippen LogP contribution in [0.1, 0.15) is 16.5 Å². The zero-order valence-electron chi connectivity index (χ0n) is 13.1. The molecule has 0 saturated carbocycles. The van der Waals surface area contributed by atoms with Gasteiger partial charge in [0.15, 0.2) is 0 Å². The van der Waals surface area contributed by atoms with E-state index in [1.165, 1.54) is 18.4 Å². The fourth-order valence-corrected chi connectivity index (χ4v) is 3.29. The Balaban J connectivity index is 1.93. The first-order valence-corrected chi connectivity index (χ1v) is 8.61. The maximum atomic E-state index is 12.0. The molecule has 1 heterocycles. The van der Waals surface area contributed by atoms with E-state index in [4.69, 9.17) is 27.9 Å². The molecular weight excluding hydrogens is 371 g/mol. The first-order valence-electron chi connectivity index (χ1n) is 7.04. The number of methoxy groups -OCH3 is 1. The SMILES string of the molecule is COC(CNC(=O)C(=O)Nc1cc(Cl)ccc1C)c1ccc(Cl)s1. The number of hydrogen-bond donors (Lipinski definition) is 2. The van der Waals surface area contributed by atoms with Gasteiger partial charge in [-0.25, -0.2) is 0 Å². The molecule has 2 aromatic rings. The molecule has 24 heavy (non-hydrogen) atoms. The Morgan fingerprint density at radius 1 is 1.21 bits per heavy atom. The lowest BCUT2D eigenvalue weighted by Crippen LogP contribution is -2.38. The van der Waals surface area contributed by atoms with E-state index in [0.717, 1.165) is 10.4 Å². The predicted molar refractivity (Wildman–Crippen MR) is 96.9 cm³/mol. The molecule has 1 aromatic carbocycles. The van der Waals surface area contributed by atoms with Gasteiger partial charge in [-0.05, 0) is 36.8 Å². The van der Waals surface area contributed by atoms with E-state index in [-0.39, 0.29) is 12.6 Å². The van der Waals surface area contributed by atoms with Crippen molar-refractivity contribution in [3.8, 4) is 0 Å². The molecule has 5 nitrogen and oxygen atoms in total. The number of ether oxygens (including phenoxy) is 1. The van der Waals surface area contributed by atoms with Crippen molar-refractivity contribution in [2.75, 3.05) is 19.0 Å². The maximum Gasteiger partial charge on any atom is 0.313 e. The number of amides is 2. The van der Waals surface area contributed by atoms with E-state index in [1.54, 1.807) is 24.3 Å². The smallest absolute Gasteiger partial charge is 0.313 e. The Labute approximate surface area is 153 Å². The molecule has 1 aromatic heterocycles. The third-order valence-corrected chi connectivity index (χ3v) is 4.86. The van der Waals surface area contributed by atoms with Gasteiger partial charge in [0, 0.05) is 29.2 Å². The van der Waals surface area contributed by atoms with Crippen LogP contribution in [-0.2, 0) is 14.3 Å². The van der Waals surface area contributed by atoms with Crippen LogP contribution in [0.15, 0.2) is 30.3 Å². The largest absolute Gasteiger partial charge is 0.374 e. The highest BCUT2D eigenvalue weighted by Crippen LogP contribution is 2.28. The van der Waals surface area contributed by atoms with Crippen molar-refractivity contribution in [1.29, 1.82) is 0 Å². The minimum Gasteiger partial charge on any atom is -0.374 e. The van der Waals surface area contributed by atoms with E-state index in [0.29, 0.717) is 15.0 Å². The van der Waals surface area contributed by atoms with E-state index in [1.807, 2.05) is 13.0 Å². The fraction of sp³-hybridized carbons (Fsp3) is 0.250. The Hall–Kier alpha value is -1.60. The second kappa shape index (κ2) is 8.48. The molecule has 2 amide bonds. The molecule has 0 fully saturated rings. The van der Waals surface area contributed by atoms with Crippen molar-refractivity contribution in [2.45, 2.75) is 13.0 Å². The molecule has 2 rings (SSSR count). The summed E-state index contributed by atoms with van der Waals surface area (Å²) in [5.74, 6) is -1.52. The summed E-state index contributed by atoms with van der Waals surface area (Å²) in [6.07, 6.45) is -0.368. The summed E-state index contributed by atoms with van der Waals surface area (Å²) < 4.78 is 5.95. The molecule has 0 aliphatic rings. The number of hydrogen-bond acceptors (Lipinski definition) is 4. The normalized spacial score (nSPS) is 11.8. The van der Waals surface area contributed by atoms with Crippen molar-refractivity contribution >= 4 is 52.0 Å². The van der Waals surface area contributed by atoms with Gasteiger partial charge >= 0.3 is 11.8 Å². The van der Waals surface area contributed by atoms with Crippen LogP contribution in [0, 0.1) is 6.92 Å². The molecular formula is C16H16Cl2N2O3S. The van der Waals surface area contributed by atoms with Crippen LogP contribution in [0.25, 0.3) is 0 Å². The molecule has 2 N–H and O–H groups in total. The lowest BCUT2D eigenvalue weighted by Gasteiger charge is -2.14. The summed E-state index contributed by atoms with van der Waals surface area (Å²) in [4.78, 5) is 24.8. The Bertz CT molecular complexity index is 749. The van der Waals surface area contributed by atoms with E-state index in [2.05, 4.69) is 10.6 Å². The summed E-state index contributed by atoms with van der Waals surface area (Å²) in [5.41, 5.74) is 1.31. The Morgan fingerprint density at radius 2 is 1.96 bits per heavy atom. The van der Waals surface area contributed by atoms with Crippen molar-refractivity contribution in [2.24, 2.45) is 0 Å². The number of nitrogens with one attached hydrogen (secondary N) is 2. The van der Waals surface area contributed by atoms with Crippen molar-refractivity contribution < 1.29 is 14.3 Å². The number of anilines is 1. The van der Waals surface area contributed by atoms with Crippen LogP contribution in [0.5, 0.6) is 0 Å². The number of halogens is 2. The van der Waals surface area contributed by atoms with Gasteiger partial charge in [-0.1, -0.05) is 29.3 Å². The van der Waals surface area contributed by atoms with Crippen LogP contribution in [0.2, 0.25) is 9.36 Å². The average molecular weight is 387 g/mol. The molecule has 0 bridgehead atoms. The second-order valence-corrected chi connectivity index (χ2v) is 7.17. The molecule has 0 saturated heterocycles. The monoisotopic (exact) mass is 386 g/mol. The average Bonchev–Trinajstić information content (AvgIpc) is 2.97.